The minimum absolute atomic E-state index is 0.0130. The molecule has 8 nitrogen and oxygen atoms in total. The van der Waals surface area contributed by atoms with Gasteiger partial charge in [0.05, 0.1) is 10.8 Å². The summed E-state index contributed by atoms with van der Waals surface area (Å²) in [6, 6.07) is 4.88. The SMILES string of the molecule is CCCCNC(=O)C1CCCN(C(=O)c2ccc(NC3CC3)c([N+](=O)[O-])c2)C1. The summed E-state index contributed by atoms with van der Waals surface area (Å²) in [4.78, 5) is 37.8. The van der Waals surface area contributed by atoms with Crippen molar-refractivity contribution >= 4 is 23.2 Å². The third kappa shape index (κ3) is 4.99. The molecule has 1 saturated carbocycles. The van der Waals surface area contributed by atoms with Gasteiger partial charge in [-0.3, -0.25) is 19.7 Å². The van der Waals surface area contributed by atoms with E-state index in [1.807, 2.05) is 0 Å². The number of hydrogen-bond donors (Lipinski definition) is 2. The van der Waals surface area contributed by atoms with Crippen molar-refractivity contribution in [2.75, 3.05) is 25.0 Å². The molecule has 0 aromatic heterocycles. The number of nitrogens with zero attached hydrogens (tertiary/aromatic N) is 2. The van der Waals surface area contributed by atoms with Gasteiger partial charge < -0.3 is 15.5 Å². The first-order valence-electron chi connectivity index (χ1n) is 10.1. The number of amides is 2. The molecule has 2 aliphatic rings. The maximum Gasteiger partial charge on any atom is 0.293 e. The van der Waals surface area contributed by atoms with Crippen LogP contribution in [0.4, 0.5) is 11.4 Å². The first-order chi connectivity index (χ1) is 13.5. The number of nitro benzene ring substituents is 1. The summed E-state index contributed by atoms with van der Waals surface area (Å²) < 4.78 is 0. The molecule has 1 aliphatic heterocycles. The lowest BCUT2D eigenvalue weighted by atomic mass is 9.96. The lowest BCUT2D eigenvalue weighted by Crippen LogP contribution is -2.45. The minimum atomic E-state index is -0.457. The van der Waals surface area contributed by atoms with Crippen molar-refractivity contribution in [1.82, 2.24) is 10.2 Å². The standard InChI is InChI=1S/C20H28N4O4/c1-2-3-10-21-19(25)15-5-4-11-23(13-15)20(26)14-6-9-17(22-16-7-8-16)18(12-14)24(27)28/h6,9,12,15-16,22H,2-5,7-8,10-11,13H2,1H3,(H,21,25). The second kappa shape index (κ2) is 9.03. The van der Waals surface area contributed by atoms with Crippen LogP contribution in [0.15, 0.2) is 18.2 Å². The van der Waals surface area contributed by atoms with Gasteiger partial charge in [0.15, 0.2) is 0 Å². The monoisotopic (exact) mass is 388 g/mol. The Hall–Kier alpha value is -2.64. The zero-order valence-electron chi connectivity index (χ0n) is 16.3. The van der Waals surface area contributed by atoms with Gasteiger partial charge in [0.2, 0.25) is 5.91 Å². The molecular formula is C20H28N4O4. The fraction of sp³-hybridized carbons (Fsp3) is 0.600. The Morgan fingerprint density at radius 1 is 1.29 bits per heavy atom. The van der Waals surface area contributed by atoms with Crippen LogP contribution in [0.2, 0.25) is 0 Å². The summed E-state index contributed by atoms with van der Waals surface area (Å²) in [7, 11) is 0. The van der Waals surface area contributed by atoms with Gasteiger partial charge in [0.1, 0.15) is 5.69 Å². The van der Waals surface area contributed by atoms with Gasteiger partial charge in [-0.05, 0) is 44.2 Å². The van der Waals surface area contributed by atoms with Crippen molar-refractivity contribution < 1.29 is 14.5 Å². The molecule has 1 saturated heterocycles. The third-order valence-electron chi connectivity index (χ3n) is 5.29. The van der Waals surface area contributed by atoms with Gasteiger partial charge in [-0.1, -0.05) is 13.3 Å². The van der Waals surface area contributed by atoms with Crippen molar-refractivity contribution in [3.05, 3.63) is 33.9 Å². The normalized spacial score (nSPS) is 19.2. The average molecular weight is 388 g/mol. The first kappa shape index (κ1) is 20.1. The molecule has 8 heteroatoms. The van der Waals surface area contributed by atoms with E-state index in [1.54, 1.807) is 17.0 Å². The van der Waals surface area contributed by atoms with E-state index in [0.29, 0.717) is 30.9 Å². The summed E-state index contributed by atoms with van der Waals surface area (Å²) in [6.07, 6.45) is 5.47. The van der Waals surface area contributed by atoms with Crippen LogP contribution in [0.1, 0.15) is 55.8 Å². The molecule has 0 spiro atoms. The lowest BCUT2D eigenvalue weighted by molar-refractivity contribution is -0.384. The largest absolute Gasteiger partial charge is 0.377 e. The molecule has 0 bridgehead atoms. The number of unbranched alkanes of at least 4 members (excludes halogenated alkanes) is 1. The van der Waals surface area contributed by atoms with Crippen LogP contribution in [0, 0.1) is 16.0 Å². The molecule has 1 aromatic carbocycles. The van der Waals surface area contributed by atoms with Gasteiger partial charge in [0, 0.05) is 37.3 Å². The number of nitro groups is 1. The Kier molecular flexibility index (Phi) is 6.49. The van der Waals surface area contributed by atoms with Gasteiger partial charge in [0.25, 0.3) is 11.6 Å². The predicted octanol–water partition coefficient (Wildman–Crippen LogP) is 2.94. The number of carbonyl (C=O) groups is 2. The summed E-state index contributed by atoms with van der Waals surface area (Å²) >= 11 is 0. The number of likely N-dealkylation sites (tertiary alicyclic amines) is 1. The van der Waals surface area contributed by atoms with E-state index in [-0.39, 0.29) is 29.5 Å². The Balaban J connectivity index is 1.67. The van der Waals surface area contributed by atoms with Gasteiger partial charge in [-0.25, -0.2) is 0 Å². The van der Waals surface area contributed by atoms with Crippen LogP contribution < -0.4 is 10.6 Å². The predicted molar refractivity (Wildman–Crippen MR) is 106 cm³/mol. The van der Waals surface area contributed by atoms with Crippen LogP contribution in [0.25, 0.3) is 0 Å². The van der Waals surface area contributed by atoms with E-state index >= 15 is 0 Å². The molecule has 2 N–H and O–H groups in total. The lowest BCUT2D eigenvalue weighted by Gasteiger charge is -2.32. The molecule has 2 amide bonds. The molecule has 152 valence electrons. The molecule has 1 heterocycles. The Morgan fingerprint density at radius 3 is 2.75 bits per heavy atom. The summed E-state index contributed by atoms with van der Waals surface area (Å²) in [5.74, 6) is -0.492. The quantitative estimate of drug-likeness (QED) is 0.405. The fourth-order valence-electron chi connectivity index (χ4n) is 3.48. The number of carbonyl (C=O) groups excluding carboxylic acids is 2. The van der Waals surface area contributed by atoms with Crippen LogP contribution in [-0.4, -0.2) is 47.3 Å². The fourth-order valence-corrected chi connectivity index (χ4v) is 3.48. The number of rotatable bonds is 8. The highest BCUT2D eigenvalue weighted by Gasteiger charge is 2.30. The zero-order valence-corrected chi connectivity index (χ0v) is 16.3. The molecule has 1 aromatic rings. The van der Waals surface area contributed by atoms with Crippen molar-refractivity contribution in [2.24, 2.45) is 5.92 Å². The average Bonchev–Trinajstić information content (AvgIpc) is 3.52. The van der Waals surface area contributed by atoms with E-state index in [1.165, 1.54) is 6.07 Å². The number of anilines is 1. The Morgan fingerprint density at radius 2 is 2.07 bits per heavy atom. The highest BCUT2D eigenvalue weighted by Crippen LogP contribution is 2.32. The third-order valence-corrected chi connectivity index (χ3v) is 5.29. The van der Waals surface area contributed by atoms with E-state index in [4.69, 9.17) is 0 Å². The molecule has 0 radical (unpaired) electrons. The summed E-state index contributed by atoms with van der Waals surface area (Å²) in [5.41, 5.74) is 0.666. The van der Waals surface area contributed by atoms with E-state index < -0.39 is 4.92 Å². The van der Waals surface area contributed by atoms with Gasteiger partial charge >= 0.3 is 0 Å². The first-order valence-corrected chi connectivity index (χ1v) is 10.1. The molecule has 1 unspecified atom stereocenters. The Bertz CT molecular complexity index is 748. The van der Waals surface area contributed by atoms with Crippen molar-refractivity contribution in [1.29, 1.82) is 0 Å². The number of nitrogens with one attached hydrogen (secondary N) is 2. The van der Waals surface area contributed by atoms with E-state index in [0.717, 1.165) is 38.5 Å². The maximum absolute atomic E-state index is 12.9. The van der Waals surface area contributed by atoms with E-state index in [2.05, 4.69) is 17.6 Å². The molecule has 1 atom stereocenters. The topological polar surface area (TPSA) is 105 Å². The second-order valence-corrected chi connectivity index (χ2v) is 7.64. The highest BCUT2D eigenvalue weighted by molar-refractivity contribution is 5.96. The van der Waals surface area contributed by atoms with Crippen LogP contribution in [0.5, 0.6) is 0 Å². The van der Waals surface area contributed by atoms with E-state index in [9.17, 15) is 19.7 Å². The van der Waals surface area contributed by atoms with Gasteiger partial charge in [-0.2, -0.15) is 0 Å². The number of piperidine rings is 1. The summed E-state index contributed by atoms with van der Waals surface area (Å²) in [6.45, 7) is 3.64. The number of hydrogen-bond acceptors (Lipinski definition) is 5. The molecular weight excluding hydrogens is 360 g/mol. The van der Waals surface area contributed by atoms with Crippen LogP contribution in [0.3, 0.4) is 0 Å². The zero-order chi connectivity index (χ0) is 20.1. The van der Waals surface area contributed by atoms with Crippen LogP contribution >= 0.6 is 0 Å². The molecule has 28 heavy (non-hydrogen) atoms. The Labute approximate surface area is 164 Å². The highest BCUT2D eigenvalue weighted by atomic mass is 16.6. The second-order valence-electron chi connectivity index (χ2n) is 7.64. The molecule has 3 rings (SSSR count). The molecule has 2 fully saturated rings. The van der Waals surface area contributed by atoms with Crippen LogP contribution in [-0.2, 0) is 4.79 Å². The van der Waals surface area contributed by atoms with Crippen molar-refractivity contribution in [2.45, 2.75) is 51.5 Å². The smallest absolute Gasteiger partial charge is 0.293 e. The van der Waals surface area contributed by atoms with Gasteiger partial charge in [-0.15, -0.1) is 0 Å². The van der Waals surface area contributed by atoms with Crippen molar-refractivity contribution in [3.63, 3.8) is 0 Å². The minimum Gasteiger partial charge on any atom is -0.377 e. The summed E-state index contributed by atoms with van der Waals surface area (Å²) in [5, 5.41) is 17.5. The maximum atomic E-state index is 12.9. The molecule has 1 aliphatic carbocycles. The van der Waals surface area contributed by atoms with Crippen molar-refractivity contribution in [3.8, 4) is 0 Å². The number of benzene rings is 1.